The standard InChI is InChI=1S/C12H9Cl3N4O/c1-19-6-9(14)11(18-19)12(20)17-16-5-7-3-2-4-8(13)10(7)15/h2-6H,1H3,(H,17,20). The Kier molecular flexibility index (Phi) is 4.65. The first-order chi connectivity index (χ1) is 9.49. The van der Waals surface area contributed by atoms with E-state index in [-0.39, 0.29) is 10.7 Å². The van der Waals surface area contributed by atoms with Crippen LogP contribution in [0.1, 0.15) is 16.1 Å². The minimum atomic E-state index is -0.509. The second kappa shape index (κ2) is 6.26. The molecule has 0 aliphatic heterocycles. The van der Waals surface area contributed by atoms with Gasteiger partial charge in [-0.15, -0.1) is 0 Å². The maximum absolute atomic E-state index is 11.8. The number of carbonyl (C=O) groups excluding carboxylic acids is 1. The molecule has 1 amide bonds. The van der Waals surface area contributed by atoms with E-state index in [9.17, 15) is 4.79 Å². The van der Waals surface area contributed by atoms with Crippen molar-refractivity contribution in [3.05, 3.63) is 50.7 Å². The molecule has 1 aromatic heterocycles. The Morgan fingerprint density at radius 2 is 2.10 bits per heavy atom. The highest BCUT2D eigenvalue weighted by atomic mass is 35.5. The lowest BCUT2D eigenvalue weighted by Gasteiger charge is -2.00. The molecule has 20 heavy (non-hydrogen) atoms. The van der Waals surface area contributed by atoms with Crippen molar-refractivity contribution < 1.29 is 4.79 Å². The number of hydrazone groups is 1. The summed E-state index contributed by atoms with van der Waals surface area (Å²) in [6, 6.07) is 5.11. The van der Waals surface area contributed by atoms with Gasteiger partial charge in [-0.1, -0.05) is 46.9 Å². The average Bonchev–Trinajstić information content (AvgIpc) is 2.73. The second-order valence-corrected chi connectivity index (χ2v) is 5.03. The van der Waals surface area contributed by atoms with Gasteiger partial charge < -0.3 is 0 Å². The molecule has 0 unspecified atom stereocenters. The van der Waals surface area contributed by atoms with E-state index in [1.807, 2.05) is 0 Å². The maximum atomic E-state index is 11.8. The number of aryl methyl sites for hydroxylation is 1. The monoisotopic (exact) mass is 330 g/mol. The van der Waals surface area contributed by atoms with Gasteiger partial charge in [0.25, 0.3) is 5.91 Å². The zero-order chi connectivity index (χ0) is 14.7. The highest BCUT2D eigenvalue weighted by Gasteiger charge is 2.13. The minimum absolute atomic E-state index is 0.100. The molecule has 0 atom stereocenters. The summed E-state index contributed by atoms with van der Waals surface area (Å²) in [6.45, 7) is 0. The van der Waals surface area contributed by atoms with Gasteiger partial charge >= 0.3 is 0 Å². The van der Waals surface area contributed by atoms with E-state index in [0.29, 0.717) is 15.6 Å². The normalized spacial score (nSPS) is 11.0. The molecule has 0 aliphatic rings. The zero-order valence-corrected chi connectivity index (χ0v) is 12.5. The Balaban J connectivity index is 2.08. The average molecular weight is 332 g/mol. The molecule has 8 heteroatoms. The van der Waals surface area contributed by atoms with Crippen molar-refractivity contribution in [3.63, 3.8) is 0 Å². The van der Waals surface area contributed by atoms with E-state index in [0.717, 1.165) is 0 Å². The van der Waals surface area contributed by atoms with Gasteiger partial charge in [-0.2, -0.15) is 10.2 Å². The fourth-order valence-electron chi connectivity index (χ4n) is 1.45. The van der Waals surface area contributed by atoms with Gasteiger partial charge in [0.05, 0.1) is 21.3 Å². The summed E-state index contributed by atoms with van der Waals surface area (Å²) in [6.07, 6.45) is 2.91. The van der Waals surface area contributed by atoms with Crippen molar-refractivity contribution >= 4 is 46.9 Å². The van der Waals surface area contributed by atoms with E-state index >= 15 is 0 Å². The smallest absolute Gasteiger partial charge is 0.273 e. The van der Waals surface area contributed by atoms with Crippen LogP contribution in [0.5, 0.6) is 0 Å². The van der Waals surface area contributed by atoms with Gasteiger partial charge in [0.15, 0.2) is 5.69 Å². The lowest BCUT2D eigenvalue weighted by atomic mass is 10.2. The molecular formula is C12H9Cl3N4O. The van der Waals surface area contributed by atoms with Crippen molar-refractivity contribution in [1.82, 2.24) is 15.2 Å². The van der Waals surface area contributed by atoms with Crippen molar-refractivity contribution in [2.45, 2.75) is 0 Å². The first-order valence-electron chi connectivity index (χ1n) is 5.45. The highest BCUT2D eigenvalue weighted by molar-refractivity contribution is 6.43. The Morgan fingerprint density at radius 1 is 1.35 bits per heavy atom. The number of hydrogen-bond acceptors (Lipinski definition) is 3. The number of aromatic nitrogens is 2. The number of carbonyl (C=O) groups is 1. The molecule has 1 heterocycles. The van der Waals surface area contributed by atoms with Crippen LogP contribution in [0.3, 0.4) is 0 Å². The fourth-order valence-corrected chi connectivity index (χ4v) is 2.07. The van der Waals surface area contributed by atoms with Crippen LogP contribution in [0.4, 0.5) is 0 Å². The third kappa shape index (κ3) is 3.30. The number of nitrogens with zero attached hydrogens (tertiary/aromatic N) is 3. The first-order valence-corrected chi connectivity index (χ1v) is 6.59. The summed E-state index contributed by atoms with van der Waals surface area (Å²) in [5.41, 5.74) is 3.01. The van der Waals surface area contributed by atoms with Crippen LogP contribution < -0.4 is 5.43 Å². The van der Waals surface area contributed by atoms with E-state index in [1.54, 1.807) is 25.2 Å². The van der Waals surface area contributed by atoms with Crippen LogP contribution >= 0.6 is 34.8 Å². The van der Waals surface area contributed by atoms with Crippen molar-refractivity contribution in [3.8, 4) is 0 Å². The third-order valence-corrected chi connectivity index (χ3v) is 3.46. The predicted molar refractivity (Wildman–Crippen MR) is 79.7 cm³/mol. The van der Waals surface area contributed by atoms with Gasteiger partial charge in [0, 0.05) is 18.8 Å². The molecule has 0 saturated heterocycles. The van der Waals surface area contributed by atoms with Gasteiger partial charge in [-0.05, 0) is 6.07 Å². The van der Waals surface area contributed by atoms with Crippen LogP contribution in [0, 0.1) is 0 Å². The van der Waals surface area contributed by atoms with Crippen LogP contribution in [-0.4, -0.2) is 21.9 Å². The molecule has 104 valence electrons. The Bertz CT molecular complexity index is 681. The van der Waals surface area contributed by atoms with Crippen LogP contribution in [0.2, 0.25) is 15.1 Å². The van der Waals surface area contributed by atoms with Crippen LogP contribution in [0.15, 0.2) is 29.5 Å². The molecule has 5 nitrogen and oxygen atoms in total. The molecular weight excluding hydrogens is 323 g/mol. The lowest BCUT2D eigenvalue weighted by molar-refractivity contribution is 0.0949. The van der Waals surface area contributed by atoms with Crippen molar-refractivity contribution in [2.75, 3.05) is 0 Å². The summed E-state index contributed by atoms with van der Waals surface area (Å²) in [5.74, 6) is -0.509. The van der Waals surface area contributed by atoms with E-state index in [4.69, 9.17) is 34.8 Å². The molecule has 0 radical (unpaired) electrons. The highest BCUT2D eigenvalue weighted by Crippen LogP contribution is 2.24. The van der Waals surface area contributed by atoms with E-state index < -0.39 is 5.91 Å². The first kappa shape index (κ1) is 14.8. The van der Waals surface area contributed by atoms with Gasteiger partial charge in [0.1, 0.15) is 0 Å². The number of nitrogens with one attached hydrogen (secondary N) is 1. The van der Waals surface area contributed by atoms with E-state index in [2.05, 4.69) is 15.6 Å². The molecule has 0 saturated carbocycles. The Labute approximate surface area is 130 Å². The van der Waals surface area contributed by atoms with Crippen LogP contribution in [0.25, 0.3) is 0 Å². The molecule has 1 aromatic carbocycles. The van der Waals surface area contributed by atoms with Gasteiger partial charge in [-0.3, -0.25) is 9.48 Å². The summed E-state index contributed by atoms with van der Waals surface area (Å²) < 4.78 is 1.44. The van der Waals surface area contributed by atoms with E-state index in [1.165, 1.54) is 17.1 Å². The number of benzene rings is 1. The second-order valence-electron chi connectivity index (χ2n) is 3.84. The van der Waals surface area contributed by atoms with Gasteiger partial charge in [-0.25, -0.2) is 5.43 Å². The molecule has 0 spiro atoms. The summed E-state index contributed by atoms with van der Waals surface area (Å²) >= 11 is 17.7. The summed E-state index contributed by atoms with van der Waals surface area (Å²) in [5, 5.41) is 8.74. The Morgan fingerprint density at radius 3 is 2.75 bits per heavy atom. The fraction of sp³-hybridized carbons (Fsp3) is 0.0833. The molecule has 0 fully saturated rings. The third-order valence-electron chi connectivity index (χ3n) is 2.35. The largest absolute Gasteiger partial charge is 0.293 e. The molecule has 0 aliphatic carbocycles. The molecule has 1 N–H and O–H groups in total. The number of amides is 1. The SMILES string of the molecule is Cn1cc(Cl)c(C(=O)NN=Cc2cccc(Cl)c2Cl)n1. The predicted octanol–water partition coefficient (Wildman–Crippen LogP) is 3.14. The summed E-state index contributed by atoms with van der Waals surface area (Å²) in [7, 11) is 1.66. The quantitative estimate of drug-likeness (QED) is 0.694. The lowest BCUT2D eigenvalue weighted by Crippen LogP contribution is -2.18. The number of halogens is 3. The van der Waals surface area contributed by atoms with Gasteiger partial charge in [0.2, 0.25) is 0 Å². The topological polar surface area (TPSA) is 59.3 Å². The maximum Gasteiger partial charge on any atom is 0.293 e. The molecule has 2 rings (SSSR count). The molecule has 0 bridgehead atoms. The number of hydrogen-bond donors (Lipinski definition) is 1. The Hall–Kier alpha value is -1.56. The van der Waals surface area contributed by atoms with Crippen LogP contribution in [-0.2, 0) is 7.05 Å². The van der Waals surface area contributed by atoms with Crippen molar-refractivity contribution in [2.24, 2.45) is 12.1 Å². The zero-order valence-electron chi connectivity index (χ0n) is 10.3. The minimum Gasteiger partial charge on any atom is -0.273 e. The molecule has 2 aromatic rings. The number of rotatable bonds is 3. The summed E-state index contributed by atoms with van der Waals surface area (Å²) in [4.78, 5) is 11.8. The van der Waals surface area contributed by atoms with Crippen molar-refractivity contribution in [1.29, 1.82) is 0 Å².